The van der Waals surface area contributed by atoms with Crippen LogP contribution in [0.4, 0.5) is 0 Å². The lowest BCUT2D eigenvalue weighted by Crippen LogP contribution is -2.12. The van der Waals surface area contributed by atoms with Crippen LogP contribution in [0.2, 0.25) is 0 Å². The number of allylic oxidation sites excluding steroid dienone is 2. The van der Waals surface area contributed by atoms with E-state index >= 15 is 0 Å². The minimum absolute atomic E-state index is 1.14. The van der Waals surface area contributed by atoms with Crippen LogP contribution in [0.5, 0.6) is 0 Å². The molecule has 0 saturated heterocycles. The molecule has 0 saturated carbocycles. The zero-order valence-corrected chi connectivity index (χ0v) is 4.32. The molecule has 0 fully saturated rings. The molecular formula is C4H7BO3. The first-order valence-electron chi connectivity index (χ1n) is 2.06. The maximum absolute atomic E-state index is 8.03. The molecule has 0 aromatic rings. The molecule has 0 aliphatic heterocycles. The van der Waals surface area contributed by atoms with Crippen molar-refractivity contribution in [1.82, 2.24) is 0 Å². The molecule has 44 valence electrons. The third-order valence-corrected chi connectivity index (χ3v) is 0.415. The van der Waals surface area contributed by atoms with Crippen LogP contribution >= 0.6 is 0 Å². The Morgan fingerprint density at radius 3 is 2.50 bits per heavy atom. The smallest absolute Gasteiger partial charge is 0.518 e. The monoisotopic (exact) mass is 114 g/mol. The molecule has 0 aromatic carbocycles. The van der Waals surface area contributed by atoms with Gasteiger partial charge in [-0.05, 0) is 6.08 Å². The van der Waals surface area contributed by atoms with Gasteiger partial charge in [-0.3, -0.25) is 0 Å². The van der Waals surface area contributed by atoms with Crippen molar-refractivity contribution in [3.05, 3.63) is 25.0 Å². The van der Waals surface area contributed by atoms with Crippen molar-refractivity contribution in [1.29, 1.82) is 0 Å². The van der Waals surface area contributed by atoms with Crippen molar-refractivity contribution < 1.29 is 14.7 Å². The molecule has 2 N–H and O–H groups in total. The van der Waals surface area contributed by atoms with Crippen molar-refractivity contribution in [2.24, 2.45) is 0 Å². The summed E-state index contributed by atoms with van der Waals surface area (Å²) >= 11 is 0. The van der Waals surface area contributed by atoms with Crippen molar-refractivity contribution >= 4 is 7.32 Å². The maximum atomic E-state index is 8.03. The Hall–Kier alpha value is -0.735. The predicted molar refractivity (Wildman–Crippen MR) is 30.6 cm³/mol. The minimum Gasteiger partial charge on any atom is -0.518 e. The second-order valence-electron chi connectivity index (χ2n) is 1.03. The first kappa shape index (κ1) is 7.26. The Labute approximate surface area is 48.1 Å². The van der Waals surface area contributed by atoms with Crippen LogP contribution in [0.25, 0.3) is 0 Å². The molecule has 0 bridgehead atoms. The normalized spacial score (nSPS) is 9.25. The van der Waals surface area contributed by atoms with Gasteiger partial charge in [-0.2, -0.15) is 0 Å². The lowest BCUT2D eigenvalue weighted by Gasteiger charge is -1.91. The summed E-state index contributed by atoms with van der Waals surface area (Å²) in [5.41, 5.74) is 0. The summed E-state index contributed by atoms with van der Waals surface area (Å²) in [6.07, 6.45) is 4.04. The fraction of sp³-hybridized carbons (Fsp3) is 0. The zero-order chi connectivity index (χ0) is 6.41. The third-order valence-electron chi connectivity index (χ3n) is 0.415. The molecule has 0 atom stereocenters. The Morgan fingerprint density at radius 2 is 2.12 bits per heavy atom. The zero-order valence-electron chi connectivity index (χ0n) is 4.32. The molecule has 8 heavy (non-hydrogen) atoms. The summed E-state index contributed by atoms with van der Waals surface area (Å²) in [6, 6.07) is 0. The van der Waals surface area contributed by atoms with E-state index in [-0.39, 0.29) is 0 Å². The summed E-state index contributed by atoms with van der Waals surface area (Å²) in [4.78, 5) is 0. The molecule has 0 aliphatic rings. The van der Waals surface area contributed by atoms with Crippen LogP contribution in [0, 0.1) is 0 Å². The van der Waals surface area contributed by atoms with E-state index in [9.17, 15) is 0 Å². The summed E-state index contributed by atoms with van der Waals surface area (Å²) in [5.74, 6) is 0. The molecule has 0 radical (unpaired) electrons. The highest BCUT2D eigenvalue weighted by Crippen LogP contribution is 1.77. The molecule has 0 aromatic heterocycles. The van der Waals surface area contributed by atoms with Gasteiger partial charge in [-0.1, -0.05) is 12.7 Å². The molecule has 4 heteroatoms. The van der Waals surface area contributed by atoms with Crippen LogP contribution in [0.15, 0.2) is 25.0 Å². The first-order chi connectivity index (χ1) is 3.77. The van der Waals surface area contributed by atoms with Crippen LogP contribution in [-0.4, -0.2) is 17.4 Å². The minimum atomic E-state index is -1.73. The van der Waals surface area contributed by atoms with Gasteiger partial charge in [0.15, 0.2) is 0 Å². The van der Waals surface area contributed by atoms with Gasteiger partial charge in [0.05, 0.1) is 6.26 Å². The lowest BCUT2D eigenvalue weighted by molar-refractivity contribution is 0.257. The van der Waals surface area contributed by atoms with E-state index in [0.29, 0.717) is 0 Å². The van der Waals surface area contributed by atoms with Crippen molar-refractivity contribution in [2.75, 3.05) is 0 Å². The largest absolute Gasteiger partial charge is 0.707 e. The summed E-state index contributed by atoms with van der Waals surface area (Å²) in [5, 5.41) is 16.1. The van der Waals surface area contributed by atoms with Crippen molar-refractivity contribution in [3.8, 4) is 0 Å². The average molecular weight is 114 g/mol. The molecular weight excluding hydrogens is 107 g/mol. The molecule has 0 aliphatic carbocycles. The van der Waals surface area contributed by atoms with Crippen molar-refractivity contribution in [3.63, 3.8) is 0 Å². The maximum Gasteiger partial charge on any atom is 0.707 e. The van der Waals surface area contributed by atoms with Crippen molar-refractivity contribution in [2.45, 2.75) is 0 Å². The fourth-order valence-electron chi connectivity index (χ4n) is 0.171. The van der Waals surface area contributed by atoms with Gasteiger partial charge in [0.2, 0.25) is 0 Å². The number of hydrogen-bond acceptors (Lipinski definition) is 3. The Morgan fingerprint density at radius 1 is 1.50 bits per heavy atom. The summed E-state index contributed by atoms with van der Waals surface area (Å²) < 4.78 is 4.14. The highest BCUT2D eigenvalue weighted by Gasteiger charge is 2.04. The van der Waals surface area contributed by atoms with Gasteiger partial charge in [-0.25, -0.2) is 0 Å². The quantitative estimate of drug-likeness (QED) is 0.300. The lowest BCUT2D eigenvalue weighted by atomic mass is 10.3. The standard InChI is InChI=1S/C4H7BO3/c1-2-3-4-8-5(6)7/h2-4,6-7H,1H2. The highest BCUT2D eigenvalue weighted by molar-refractivity contribution is 6.32. The van der Waals surface area contributed by atoms with E-state index < -0.39 is 7.32 Å². The summed E-state index contributed by atoms with van der Waals surface area (Å²) in [6.45, 7) is 3.33. The Balaban J connectivity index is 3.15. The third kappa shape index (κ3) is 5.26. The Kier molecular flexibility index (Phi) is 4.02. The van der Waals surface area contributed by atoms with Crippen LogP contribution in [0.1, 0.15) is 0 Å². The summed E-state index contributed by atoms with van der Waals surface area (Å²) in [7, 11) is -1.73. The van der Waals surface area contributed by atoms with Crippen LogP contribution < -0.4 is 0 Å². The SMILES string of the molecule is C=CC=COB(O)O. The topological polar surface area (TPSA) is 49.7 Å². The van der Waals surface area contributed by atoms with E-state index in [0.717, 1.165) is 6.26 Å². The molecule has 0 rings (SSSR count). The van der Waals surface area contributed by atoms with E-state index in [4.69, 9.17) is 10.0 Å². The average Bonchev–Trinajstić information content (AvgIpc) is 1.66. The predicted octanol–water partition coefficient (Wildman–Crippen LogP) is -0.328. The molecule has 3 nitrogen and oxygen atoms in total. The highest BCUT2D eigenvalue weighted by atomic mass is 16.6. The van der Waals surface area contributed by atoms with E-state index in [1.54, 1.807) is 0 Å². The van der Waals surface area contributed by atoms with Gasteiger partial charge < -0.3 is 14.7 Å². The van der Waals surface area contributed by atoms with Gasteiger partial charge in [0.25, 0.3) is 0 Å². The molecule has 0 amide bonds. The second kappa shape index (κ2) is 4.42. The van der Waals surface area contributed by atoms with Crippen LogP contribution in [-0.2, 0) is 4.65 Å². The first-order valence-corrected chi connectivity index (χ1v) is 2.06. The number of hydrogen-bond donors (Lipinski definition) is 2. The van der Waals surface area contributed by atoms with Gasteiger partial charge in [0.1, 0.15) is 0 Å². The van der Waals surface area contributed by atoms with E-state index in [2.05, 4.69) is 11.2 Å². The van der Waals surface area contributed by atoms with E-state index in [1.165, 1.54) is 12.2 Å². The molecule has 0 unspecified atom stereocenters. The van der Waals surface area contributed by atoms with Gasteiger partial charge >= 0.3 is 7.32 Å². The number of rotatable bonds is 3. The van der Waals surface area contributed by atoms with Crippen LogP contribution in [0.3, 0.4) is 0 Å². The molecule has 0 heterocycles. The van der Waals surface area contributed by atoms with E-state index in [1.807, 2.05) is 0 Å². The van der Waals surface area contributed by atoms with Gasteiger partial charge in [-0.15, -0.1) is 0 Å². The molecule has 0 spiro atoms. The fourth-order valence-corrected chi connectivity index (χ4v) is 0.171. The Bertz CT molecular complexity index is 89.3. The second-order valence-corrected chi connectivity index (χ2v) is 1.03. The van der Waals surface area contributed by atoms with Gasteiger partial charge in [0, 0.05) is 0 Å².